The van der Waals surface area contributed by atoms with E-state index < -0.39 is 0 Å². The van der Waals surface area contributed by atoms with Gasteiger partial charge in [-0.15, -0.1) is 0 Å². The number of unbranched alkanes of at least 4 members (excludes halogenated alkanes) is 3. The van der Waals surface area contributed by atoms with E-state index in [1.807, 2.05) is 11.8 Å². The van der Waals surface area contributed by atoms with Crippen molar-refractivity contribution in [2.75, 3.05) is 25.3 Å². The maximum absolute atomic E-state index is 5.42. The second kappa shape index (κ2) is 8.80. The van der Waals surface area contributed by atoms with Gasteiger partial charge < -0.3 is 14.8 Å². The van der Waals surface area contributed by atoms with E-state index in [1.165, 1.54) is 37.0 Å². The van der Waals surface area contributed by atoms with Crippen molar-refractivity contribution in [2.45, 2.75) is 32.2 Å². The van der Waals surface area contributed by atoms with E-state index in [1.54, 1.807) is 0 Å². The van der Waals surface area contributed by atoms with Gasteiger partial charge in [0.2, 0.25) is 6.79 Å². The van der Waals surface area contributed by atoms with Crippen molar-refractivity contribution in [3.8, 4) is 11.5 Å². The van der Waals surface area contributed by atoms with Crippen molar-refractivity contribution in [3.63, 3.8) is 0 Å². The molecule has 112 valence electrons. The molecule has 3 nitrogen and oxygen atoms in total. The lowest BCUT2D eigenvalue weighted by atomic mass is 10.2. The summed E-state index contributed by atoms with van der Waals surface area (Å²) in [5.41, 5.74) is 1.23. The zero-order valence-electron chi connectivity index (χ0n) is 11.9. The van der Waals surface area contributed by atoms with E-state index in [2.05, 4.69) is 39.6 Å². The van der Waals surface area contributed by atoms with Crippen molar-refractivity contribution >= 4 is 27.7 Å². The first-order chi connectivity index (χ1) is 9.81. The summed E-state index contributed by atoms with van der Waals surface area (Å²) in [4.78, 5) is 0. The molecule has 1 aromatic rings. The Bertz CT molecular complexity index is 429. The Balaban J connectivity index is 1.64. The highest BCUT2D eigenvalue weighted by Gasteiger charge is 2.17. The molecule has 2 rings (SSSR count). The Kier molecular flexibility index (Phi) is 7.03. The average molecular weight is 360 g/mol. The third kappa shape index (κ3) is 4.86. The molecular formula is C15H22BrNO2S. The van der Waals surface area contributed by atoms with Gasteiger partial charge in [0.25, 0.3) is 0 Å². The smallest absolute Gasteiger partial charge is 0.231 e. The van der Waals surface area contributed by atoms with Crippen LogP contribution in [0.15, 0.2) is 16.6 Å². The molecule has 1 aromatic carbocycles. The molecule has 0 radical (unpaired) electrons. The van der Waals surface area contributed by atoms with Gasteiger partial charge >= 0.3 is 0 Å². The molecule has 1 aliphatic rings. The van der Waals surface area contributed by atoms with Crippen LogP contribution in [0, 0.1) is 0 Å². The van der Waals surface area contributed by atoms with Crippen LogP contribution in [0.5, 0.6) is 11.5 Å². The third-order valence-electron chi connectivity index (χ3n) is 3.27. The largest absolute Gasteiger partial charge is 0.454 e. The average Bonchev–Trinajstić information content (AvgIpc) is 2.91. The van der Waals surface area contributed by atoms with E-state index in [9.17, 15) is 0 Å². The van der Waals surface area contributed by atoms with Crippen molar-refractivity contribution in [1.29, 1.82) is 0 Å². The van der Waals surface area contributed by atoms with E-state index in [4.69, 9.17) is 9.47 Å². The first-order valence-electron chi connectivity index (χ1n) is 7.09. The van der Waals surface area contributed by atoms with Crippen LogP contribution < -0.4 is 14.8 Å². The molecule has 0 aliphatic carbocycles. The SMILES string of the molecule is CSCCCCCCNCc1cc(Br)c2c(c1)OCO2. The van der Waals surface area contributed by atoms with Gasteiger partial charge in [0.15, 0.2) is 11.5 Å². The summed E-state index contributed by atoms with van der Waals surface area (Å²) in [6.07, 6.45) is 7.43. The van der Waals surface area contributed by atoms with Gasteiger partial charge in [-0.2, -0.15) is 11.8 Å². The lowest BCUT2D eigenvalue weighted by Crippen LogP contribution is -2.14. The number of benzene rings is 1. The number of nitrogens with one attached hydrogen (secondary N) is 1. The van der Waals surface area contributed by atoms with Crippen molar-refractivity contribution < 1.29 is 9.47 Å². The van der Waals surface area contributed by atoms with Crippen LogP contribution in [0.1, 0.15) is 31.2 Å². The zero-order chi connectivity index (χ0) is 14.2. The molecular weight excluding hydrogens is 338 g/mol. The summed E-state index contributed by atoms with van der Waals surface area (Å²) >= 11 is 5.46. The standard InChI is InChI=1S/C15H22BrNO2S/c1-20-7-5-3-2-4-6-17-10-12-8-13(16)15-14(9-12)18-11-19-15/h8-9,17H,2-7,10-11H2,1H3. The fraction of sp³-hybridized carbons (Fsp3) is 0.600. The Hall–Kier alpha value is -0.390. The molecule has 0 amide bonds. The summed E-state index contributed by atoms with van der Waals surface area (Å²) in [6, 6.07) is 4.15. The van der Waals surface area contributed by atoms with E-state index in [0.717, 1.165) is 29.1 Å². The van der Waals surface area contributed by atoms with Crippen LogP contribution in [-0.4, -0.2) is 25.3 Å². The van der Waals surface area contributed by atoms with E-state index >= 15 is 0 Å². The first kappa shape index (κ1) is 16.0. The Morgan fingerprint density at radius 1 is 1.20 bits per heavy atom. The summed E-state index contributed by atoms with van der Waals surface area (Å²) in [6.45, 7) is 2.27. The minimum atomic E-state index is 0.320. The van der Waals surface area contributed by atoms with Gasteiger partial charge in [0.05, 0.1) is 4.47 Å². The van der Waals surface area contributed by atoms with E-state index in [0.29, 0.717) is 6.79 Å². The third-order valence-corrected chi connectivity index (χ3v) is 4.55. The molecule has 1 aliphatic heterocycles. The lowest BCUT2D eigenvalue weighted by Gasteiger charge is -2.07. The maximum Gasteiger partial charge on any atom is 0.231 e. The number of ether oxygens (including phenoxy) is 2. The fourth-order valence-corrected chi connectivity index (χ4v) is 3.30. The van der Waals surface area contributed by atoms with Gasteiger partial charge in [-0.1, -0.05) is 12.8 Å². The quantitative estimate of drug-likeness (QED) is 0.669. The van der Waals surface area contributed by atoms with Crippen LogP contribution in [0.4, 0.5) is 0 Å². The number of hydrogen-bond acceptors (Lipinski definition) is 4. The number of halogens is 1. The number of fused-ring (bicyclic) bond motifs is 1. The van der Waals surface area contributed by atoms with Crippen molar-refractivity contribution in [3.05, 3.63) is 22.2 Å². The van der Waals surface area contributed by atoms with Gasteiger partial charge in [-0.25, -0.2) is 0 Å². The highest BCUT2D eigenvalue weighted by Crippen LogP contribution is 2.39. The Morgan fingerprint density at radius 2 is 2.05 bits per heavy atom. The van der Waals surface area contributed by atoms with Crippen LogP contribution in [0.3, 0.4) is 0 Å². The highest BCUT2D eigenvalue weighted by atomic mass is 79.9. The minimum absolute atomic E-state index is 0.320. The van der Waals surface area contributed by atoms with Gasteiger partial charge in [0.1, 0.15) is 0 Å². The maximum atomic E-state index is 5.42. The predicted molar refractivity (Wildman–Crippen MR) is 88.8 cm³/mol. The van der Waals surface area contributed by atoms with Crippen LogP contribution >= 0.6 is 27.7 Å². The molecule has 0 bridgehead atoms. The lowest BCUT2D eigenvalue weighted by molar-refractivity contribution is 0.173. The number of rotatable bonds is 9. The second-order valence-corrected chi connectivity index (χ2v) is 6.74. The first-order valence-corrected chi connectivity index (χ1v) is 9.27. The predicted octanol–water partition coefficient (Wildman–Crippen LogP) is 4.19. The fourth-order valence-electron chi connectivity index (χ4n) is 2.21. The summed E-state index contributed by atoms with van der Waals surface area (Å²) < 4.78 is 11.8. The Morgan fingerprint density at radius 3 is 2.90 bits per heavy atom. The number of thioether (sulfide) groups is 1. The van der Waals surface area contributed by atoms with Crippen LogP contribution in [0.2, 0.25) is 0 Å². The molecule has 1 N–H and O–H groups in total. The zero-order valence-corrected chi connectivity index (χ0v) is 14.3. The molecule has 0 aromatic heterocycles. The topological polar surface area (TPSA) is 30.5 Å². The molecule has 0 fully saturated rings. The van der Waals surface area contributed by atoms with Crippen LogP contribution in [-0.2, 0) is 6.54 Å². The second-order valence-electron chi connectivity index (χ2n) is 4.90. The monoisotopic (exact) mass is 359 g/mol. The summed E-state index contributed by atoms with van der Waals surface area (Å²) in [7, 11) is 0. The van der Waals surface area contributed by atoms with Gasteiger partial charge in [0, 0.05) is 6.54 Å². The van der Waals surface area contributed by atoms with Crippen molar-refractivity contribution in [2.24, 2.45) is 0 Å². The van der Waals surface area contributed by atoms with Gasteiger partial charge in [-0.3, -0.25) is 0 Å². The molecule has 0 unspecified atom stereocenters. The molecule has 0 atom stereocenters. The van der Waals surface area contributed by atoms with E-state index in [-0.39, 0.29) is 0 Å². The normalized spacial score (nSPS) is 12.9. The summed E-state index contributed by atoms with van der Waals surface area (Å²) in [5, 5.41) is 3.49. The Labute approximate surface area is 133 Å². The molecule has 0 spiro atoms. The molecule has 20 heavy (non-hydrogen) atoms. The molecule has 1 heterocycles. The summed E-state index contributed by atoms with van der Waals surface area (Å²) in [5.74, 6) is 2.95. The van der Waals surface area contributed by atoms with Gasteiger partial charge in [-0.05, 0) is 65.0 Å². The minimum Gasteiger partial charge on any atom is -0.454 e. The van der Waals surface area contributed by atoms with Crippen LogP contribution in [0.25, 0.3) is 0 Å². The highest BCUT2D eigenvalue weighted by molar-refractivity contribution is 9.10. The molecule has 0 saturated carbocycles. The molecule has 5 heteroatoms. The molecule has 0 saturated heterocycles. The van der Waals surface area contributed by atoms with Crippen molar-refractivity contribution in [1.82, 2.24) is 5.32 Å². The number of hydrogen-bond donors (Lipinski definition) is 1.